The average molecular weight is 376 g/mol. The summed E-state index contributed by atoms with van der Waals surface area (Å²) in [6.45, 7) is 8.60. The topological polar surface area (TPSA) is 24.8 Å². The highest BCUT2D eigenvalue weighted by molar-refractivity contribution is 14.1. The molecule has 18 heavy (non-hydrogen) atoms. The van der Waals surface area contributed by atoms with Crippen LogP contribution < -0.4 is 0 Å². The molecule has 0 aromatic carbocycles. The van der Waals surface area contributed by atoms with Crippen molar-refractivity contribution in [1.82, 2.24) is 5.01 Å². The van der Waals surface area contributed by atoms with Gasteiger partial charge in [0, 0.05) is 18.3 Å². The second-order valence-electron chi connectivity index (χ2n) is 6.02. The maximum Gasteiger partial charge on any atom is 0.135 e. The molecule has 1 heterocycles. The molecule has 0 bridgehead atoms. The summed E-state index contributed by atoms with van der Waals surface area (Å²) in [7, 11) is -0.981. The molecule has 100 valence electrons. The number of hydrazone groups is 1. The van der Waals surface area contributed by atoms with Gasteiger partial charge in [-0.05, 0) is 46.7 Å². The predicted molar refractivity (Wildman–Crippen MR) is 87.9 cm³/mol. The van der Waals surface area contributed by atoms with Crippen LogP contribution in [0.5, 0.6) is 0 Å². The van der Waals surface area contributed by atoms with Crippen molar-refractivity contribution in [3.05, 3.63) is 21.3 Å². The molecule has 0 saturated carbocycles. The molecule has 0 aromatic rings. The first kappa shape index (κ1) is 14.3. The minimum Gasteiger partial charge on any atom is -0.360 e. The van der Waals surface area contributed by atoms with Crippen LogP contribution in [0.15, 0.2) is 26.4 Å². The fourth-order valence-corrected chi connectivity index (χ4v) is 3.34. The summed E-state index contributed by atoms with van der Waals surface area (Å²) < 4.78 is 7.08. The minimum atomic E-state index is -0.981. The average Bonchev–Trinajstić information content (AvgIpc) is 2.65. The first-order valence-electron chi connectivity index (χ1n) is 6.41. The monoisotopic (exact) mass is 376 g/mol. The van der Waals surface area contributed by atoms with Gasteiger partial charge in [-0.15, -0.1) is 0 Å². The van der Waals surface area contributed by atoms with Gasteiger partial charge in [0.2, 0.25) is 0 Å². The molecule has 1 aliphatic heterocycles. The van der Waals surface area contributed by atoms with Crippen LogP contribution in [0.4, 0.5) is 0 Å². The molecule has 0 radical (unpaired) electrons. The number of hydrogen-bond donors (Lipinski definition) is 0. The third-order valence-electron chi connectivity index (χ3n) is 3.16. The normalized spacial score (nSPS) is 22.9. The lowest BCUT2D eigenvalue weighted by molar-refractivity contribution is 0.0259. The molecule has 1 aliphatic carbocycles. The van der Waals surface area contributed by atoms with E-state index in [1.54, 1.807) is 0 Å². The van der Waals surface area contributed by atoms with Crippen LogP contribution in [0.3, 0.4) is 0 Å². The van der Waals surface area contributed by atoms with E-state index >= 15 is 0 Å². The van der Waals surface area contributed by atoms with Gasteiger partial charge in [-0.2, -0.15) is 5.10 Å². The predicted octanol–water partition coefficient (Wildman–Crippen LogP) is 3.62. The van der Waals surface area contributed by atoms with Crippen LogP contribution in [-0.4, -0.2) is 38.7 Å². The summed E-state index contributed by atoms with van der Waals surface area (Å²) in [6.07, 6.45) is 7.48. The van der Waals surface area contributed by atoms with E-state index in [4.69, 9.17) is 4.74 Å². The van der Waals surface area contributed by atoms with Crippen LogP contribution in [0.2, 0.25) is 25.7 Å². The van der Waals surface area contributed by atoms with E-state index in [1.807, 2.05) is 6.21 Å². The zero-order valence-electron chi connectivity index (χ0n) is 11.3. The molecule has 0 spiro atoms. The molecule has 2 aliphatic rings. The molecular weight excluding hydrogens is 355 g/mol. The summed E-state index contributed by atoms with van der Waals surface area (Å²) in [5.41, 5.74) is 1.32. The highest BCUT2D eigenvalue weighted by Crippen LogP contribution is 2.28. The highest BCUT2D eigenvalue weighted by atomic mass is 127. The Morgan fingerprint density at radius 2 is 2.28 bits per heavy atom. The number of nitrogens with zero attached hydrogens (tertiary/aromatic N) is 2. The smallest absolute Gasteiger partial charge is 0.135 e. The molecule has 3 nitrogen and oxygen atoms in total. The molecule has 0 saturated heterocycles. The second kappa shape index (κ2) is 5.88. The Labute approximate surface area is 124 Å². The van der Waals surface area contributed by atoms with Crippen molar-refractivity contribution in [3.63, 3.8) is 0 Å². The largest absolute Gasteiger partial charge is 0.360 e. The van der Waals surface area contributed by atoms with Crippen LogP contribution in [0, 0.1) is 0 Å². The van der Waals surface area contributed by atoms with E-state index in [2.05, 4.69) is 64.5 Å². The van der Waals surface area contributed by atoms with E-state index in [0.29, 0.717) is 12.8 Å². The van der Waals surface area contributed by atoms with Gasteiger partial charge < -0.3 is 4.74 Å². The first-order chi connectivity index (χ1) is 8.46. The summed E-state index contributed by atoms with van der Waals surface area (Å²) in [4.78, 5) is 0. The highest BCUT2D eigenvalue weighted by Gasteiger charge is 2.27. The Bertz CT molecular complexity index is 398. The van der Waals surface area contributed by atoms with Crippen molar-refractivity contribution in [2.45, 2.75) is 38.1 Å². The van der Waals surface area contributed by atoms with E-state index in [0.717, 1.165) is 13.0 Å². The Balaban J connectivity index is 1.76. The summed E-state index contributed by atoms with van der Waals surface area (Å²) >= 11 is 2.36. The van der Waals surface area contributed by atoms with E-state index in [-0.39, 0.29) is 0 Å². The zero-order chi connectivity index (χ0) is 13.2. The third kappa shape index (κ3) is 3.93. The maximum atomic E-state index is 5.77. The van der Waals surface area contributed by atoms with Crippen molar-refractivity contribution in [3.8, 4) is 0 Å². The van der Waals surface area contributed by atoms with E-state index in [9.17, 15) is 0 Å². The van der Waals surface area contributed by atoms with Crippen LogP contribution in [-0.2, 0) is 4.74 Å². The van der Waals surface area contributed by atoms with Gasteiger partial charge in [0.25, 0.3) is 0 Å². The number of ether oxygens (including phenoxy) is 1. The lowest BCUT2D eigenvalue weighted by Gasteiger charge is -2.25. The number of halogens is 1. The number of rotatable bonds is 5. The molecule has 0 fully saturated rings. The van der Waals surface area contributed by atoms with Crippen molar-refractivity contribution in [2.75, 3.05) is 13.3 Å². The molecule has 1 unspecified atom stereocenters. The first-order valence-corrected chi connectivity index (χ1v) is 11.2. The summed E-state index contributed by atoms with van der Waals surface area (Å²) in [5.74, 6) is 0. The molecule has 1 atom stereocenters. The zero-order valence-corrected chi connectivity index (χ0v) is 14.5. The van der Waals surface area contributed by atoms with Gasteiger partial charge >= 0.3 is 0 Å². The number of hydrogen-bond acceptors (Lipinski definition) is 3. The van der Waals surface area contributed by atoms with Crippen molar-refractivity contribution >= 4 is 36.9 Å². The van der Waals surface area contributed by atoms with Crippen LogP contribution in [0.1, 0.15) is 6.42 Å². The molecule has 0 amide bonds. The number of fused-ring (bicyclic) bond motifs is 1. The van der Waals surface area contributed by atoms with E-state index < -0.39 is 8.07 Å². The molecular formula is C13H21IN2OSi. The Hall–Kier alpha value is -0.143. The van der Waals surface area contributed by atoms with Gasteiger partial charge in [0.15, 0.2) is 0 Å². The maximum absolute atomic E-state index is 5.77. The third-order valence-corrected chi connectivity index (χ3v) is 5.62. The van der Waals surface area contributed by atoms with Gasteiger partial charge in [-0.1, -0.05) is 25.7 Å². The van der Waals surface area contributed by atoms with Crippen molar-refractivity contribution < 1.29 is 4.74 Å². The Morgan fingerprint density at radius 1 is 1.50 bits per heavy atom. The fraction of sp³-hybridized carbons (Fsp3) is 0.615. The lowest BCUT2D eigenvalue weighted by atomic mass is 10.0. The van der Waals surface area contributed by atoms with Crippen molar-refractivity contribution in [2.24, 2.45) is 5.10 Å². The molecule has 0 N–H and O–H groups in total. The van der Waals surface area contributed by atoms with Gasteiger partial charge in [-0.25, -0.2) is 0 Å². The van der Waals surface area contributed by atoms with E-state index in [1.165, 1.54) is 15.2 Å². The standard InChI is InChI=1S/C13H21IN2OSi/c1-18(2,3)7-6-17-10-16-13-5-4-12(14)8-11(13)9-15-16/h4,8-9,13H,5-7,10H2,1-3H3. The molecule has 5 heteroatoms. The van der Waals surface area contributed by atoms with Crippen LogP contribution in [0.25, 0.3) is 0 Å². The summed E-state index contributed by atoms with van der Waals surface area (Å²) in [6, 6.07) is 1.62. The second-order valence-corrected chi connectivity index (χ2v) is 12.9. The number of allylic oxidation sites excluding steroid dienone is 2. The molecule has 2 rings (SSSR count). The molecule has 0 aromatic heterocycles. The van der Waals surface area contributed by atoms with Gasteiger partial charge in [0.1, 0.15) is 6.73 Å². The van der Waals surface area contributed by atoms with Crippen molar-refractivity contribution in [1.29, 1.82) is 0 Å². The Kier molecular flexibility index (Phi) is 4.66. The van der Waals surface area contributed by atoms with Gasteiger partial charge in [0.05, 0.1) is 12.3 Å². The summed E-state index contributed by atoms with van der Waals surface area (Å²) in [5, 5.41) is 6.50. The van der Waals surface area contributed by atoms with Crippen LogP contribution >= 0.6 is 22.6 Å². The minimum absolute atomic E-state index is 0.399. The Morgan fingerprint density at radius 3 is 3.00 bits per heavy atom. The SMILES string of the molecule is C[Si](C)(C)CCOCN1N=CC2=CC(I)=CCC21. The lowest BCUT2D eigenvalue weighted by Crippen LogP contribution is -2.31. The quantitative estimate of drug-likeness (QED) is 0.416. The fourth-order valence-electron chi connectivity index (χ4n) is 1.97. The van der Waals surface area contributed by atoms with Gasteiger partial charge in [-0.3, -0.25) is 5.01 Å².